The van der Waals surface area contributed by atoms with E-state index in [0.717, 1.165) is 24.2 Å². The molecule has 2 aromatic rings. The fraction of sp³-hybridized carbons (Fsp3) is 0.450. The van der Waals surface area contributed by atoms with Gasteiger partial charge in [0, 0.05) is 12.8 Å². The molecule has 8 nitrogen and oxygen atoms in total. The minimum absolute atomic E-state index is 0.144. The quantitative estimate of drug-likeness (QED) is 0.473. The molecule has 0 aliphatic heterocycles. The van der Waals surface area contributed by atoms with Gasteiger partial charge < -0.3 is 26.0 Å². The first-order chi connectivity index (χ1) is 13.5. The highest BCUT2D eigenvalue weighted by atomic mass is 16.5. The van der Waals surface area contributed by atoms with Crippen LogP contribution in [0.1, 0.15) is 43.9 Å². The van der Waals surface area contributed by atoms with Crippen molar-refractivity contribution in [3.8, 4) is 11.5 Å². The monoisotopic (exact) mass is 388 g/mol. The lowest BCUT2D eigenvalue weighted by Crippen LogP contribution is -2.11. The van der Waals surface area contributed by atoms with Crippen molar-refractivity contribution in [2.75, 3.05) is 24.7 Å². The number of carboxylic acids is 1. The van der Waals surface area contributed by atoms with Crippen molar-refractivity contribution >= 4 is 17.7 Å². The van der Waals surface area contributed by atoms with Crippen molar-refractivity contribution in [1.82, 2.24) is 9.97 Å². The molecule has 1 aromatic carbocycles. The van der Waals surface area contributed by atoms with Crippen molar-refractivity contribution in [1.29, 1.82) is 0 Å². The average Bonchev–Trinajstić information content (AvgIpc) is 2.66. The molecule has 0 fully saturated rings. The Labute approximate surface area is 164 Å². The number of rotatable bonds is 12. The fourth-order valence-electron chi connectivity index (χ4n) is 2.79. The minimum Gasteiger partial charge on any atom is -0.493 e. The summed E-state index contributed by atoms with van der Waals surface area (Å²) in [5.41, 5.74) is 13.3. The lowest BCUT2D eigenvalue weighted by molar-refractivity contribution is -0.137. The molecule has 152 valence electrons. The van der Waals surface area contributed by atoms with Crippen LogP contribution < -0.4 is 20.9 Å². The van der Waals surface area contributed by atoms with Crippen molar-refractivity contribution in [2.45, 2.75) is 45.4 Å². The highest BCUT2D eigenvalue weighted by Gasteiger charge is 2.11. The minimum atomic E-state index is -0.761. The molecule has 8 heteroatoms. The number of carboxylic acid groups (broad SMARTS) is 1. The van der Waals surface area contributed by atoms with Crippen molar-refractivity contribution in [2.24, 2.45) is 0 Å². The standard InChI is InChI=1S/C20H28N4O4/c1-2-15-18(19(21)24-20(22)23-15)28-13-7-12-27-16-10-5-3-8-14(16)9-4-6-11-17(25)26/h3,5,8,10H,2,4,6-7,9,11-13H2,1H3,(H,25,26)(H4,21,22,23,24). The Morgan fingerprint density at radius 1 is 1.07 bits per heavy atom. The zero-order chi connectivity index (χ0) is 20.4. The number of nitrogens with zero attached hydrogens (tertiary/aromatic N) is 2. The van der Waals surface area contributed by atoms with Crippen LogP contribution in [0.5, 0.6) is 11.5 Å². The van der Waals surface area contributed by atoms with Gasteiger partial charge in [0.15, 0.2) is 11.6 Å². The zero-order valence-electron chi connectivity index (χ0n) is 16.2. The second-order valence-corrected chi connectivity index (χ2v) is 6.36. The van der Waals surface area contributed by atoms with Gasteiger partial charge in [-0.15, -0.1) is 0 Å². The van der Waals surface area contributed by atoms with Crippen LogP contribution >= 0.6 is 0 Å². The van der Waals surface area contributed by atoms with E-state index in [1.165, 1.54) is 0 Å². The Balaban J connectivity index is 1.79. The van der Waals surface area contributed by atoms with Gasteiger partial charge in [-0.25, -0.2) is 4.98 Å². The smallest absolute Gasteiger partial charge is 0.303 e. The summed E-state index contributed by atoms with van der Waals surface area (Å²) in [6, 6.07) is 7.81. The number of aromatic nitrogens is 2. The van der Waals surface area contributed by atoms with E-state index in [1.807, 2.05) is 31.2 Å². The predicted molar refractivity (Wildman–Crippen MR) is 107 cm³/mol. The van der Waals surface area contributed by atoms with E-state index < -0.39 is 5.97 Å². The molecule has 0 aliphatic rings. The number of aliphatic carboxylic acids is 1. The van der Waals surface area contributed by atoms with Crippen molar-refractivity contribution in [3.05, 3.63) is 35.5 Å². The van der Waals surface area contributed by atoms with E-state index in [2.05, 4.69) is 9.97 Å². The van der Waals surface area contributed by atoms with Crippen LogP contribution in [-0.4, -0.2) is 34.3 Å². The lowest BCUT2D eigenvalue weighted by Gasteiger charge is -2.14. The molecule has 0 spiro atoms. The van der Waals surface area contributed by atoms with E-state index in [1.54, 1.807) is 0 Å². The highest BCUT2D eigenvalue weighted by molar-refractivity contribution is 5.66. The molecule has 28 heavy (non-hydrogen) atoms. The number of benzene rings is 1. The summed E-state index contributed by atoms with van der Waals surface area (Å²) < 4.78 is 11.6. The van der Waals surface area contributed by atoms with Crippen LogP contribution in [0.25, 0.3) is 0 Å². The molecular formula is C20H28N4O4. The third-order valence-corrected chi connectivity index (χ3v) is 4.17. The van der Waals surface area contributed by atoms with Crippen LogP contribution in [0.4, 0.5) is 11.8 Å². The molecule has 1 aromatic heterocycles. The third-order valence-electron chi connectivity index (χ3n) is 4.17. The van der Waals surface area contributed by atoms with Gasteiger partial charge in [0.25, 0.3) is 0 Å². The maximum absolute atomic E-state index is 10.6. The largest absolute Gasteiger partial charge is 0.493 e. The number of para-hydroxylation sites is 1. The maximum atomic E-state index is 10.6. The normalized spacial score (nSPS) is 10.6. The van der Waals surface area contributed by atoms with E-state index >= 15 is 0 Å². The number of aryl methyl sites for hydroxylation is 2. The topological polar surface area (TPSA) is 134 Å². The summed E-state index contributed by atoms with van der Waals surface area (Å²) >= 11 is 0. The zero-order valence-corrected chi connectivity index (χ0v) is 16.2. The van der Waals surface area contributed by atoms with Gasteiger partial charge in [-0.05, 0) is 37.3 Å². The molecule has 0 saturated heterocycles. The Morgan fingerprint density at radius 2 is 1.82 bits per heavy atom. The fourth-order valence-corrected chi connectivity index (χ4v) is 2.79. The summed E-state index contributed by atoms with van der Waals surface area (Å²) in [7, 11) is 0. The van der Waals surface area contributed by atoms with E-state index in [4.69, 9.17) is 26.0 Å². The second kappa shape index (κ2) is 11.0. The second-order valence-electron chi connectivity index (χ2n) is 6.36. The van der Waals surface area contributed by atoms with Crippen molar-refractivity contribution < 1.29 is 19.4 Å². The molecule has 0 radical (unpaired) electrons. The number of anilines is 2. The molecule has 0 unspecified atom stereocenters. The van der Waals surface area contributed by atoms with Gasteiger partial charge in [0.2, 0.25) is 5.95 Å². The highest BCUT2D eigenvalue weighted by Crippen LogP contribution is 2.25. The number of hydrogen-bond donors (Lipinski definition) is 3. The van der Waals surface area contributed by atoms with Crippen LogP contribution in [0.2, 0.25) is 0 Å². The first kappa shape index (κ1) is 21.3. The number of hydrogen-bond acceptors (Lipinski definition) is 7. The third kappa shape index (κ3) is 6.61. The molecular weight excluding hydrogens is 360 g/mol. The molecule has 1 heterocycles. The Bertz CT molecular complexity index is 783. The Kier molecular flexibility index (Phi) is 8.33. The number of carbonyl (C=O) groups is 1. The molecule has 5 N–H and O–H groups in total. The summed E-state index contributed by atoms with van der Waals surface area (Å²) in [6.07, 6.45) is 3.77. The van der Waals surface area contributed by atoms with Crippen LogP contribution in [0.3, 0.4) is 0 Å². The van der Waals surface area contributed by atoms with E-state index in [9.17, 15) is 4.79 Å². The van der Waals surface area contributed by atoms with Gasteiger partial charge in [-0.2, -0.15) is 4.98 Å². The van der Waals surface area contributed by atoms with E-state index in [-0.39, 0.29) is 18.2 Å². The number of nitrogen functional groups attached to an aromatic ring is 2. The molecule has 0 saturated carbocycles. The van der Waals surface area contributed by atoms with Gasteiger partial charge >= 0.3 is 5.97 Å². The first-order valence-electron chi connectivity index (χ1n) is 9.48. The number of nitrogens with two attached hydrogens (primary N) is 2. The lowest BCUT2D eigenvalue weighted by atomic mass is 10.1. The SMILES string of the molecule is CCc1nc(N)nc(N)c1OCCCOc1ccccc1CCCCC(=O)O. The van der Waals surface area contributed by atoms with Crippen LogP contribution in [0.15, 0.2) is 24.3 Å². The molecule has 2 rings (SSSR count). The molecule has 0 bridgehead atoms. The van der Waals surface area contributed by atoms with Crippen LogP contribution in [-0.2, 0) is 17.6 Å². The average molecular weight is 388 g/mol. The molecule has 0 aliphatic carbocycles. The maximum Gasteiger partial charge on any atom is 0.303 e. The molecule has 0 atom stereocenters. The number of ether oxygens (including phenoxy) is 2. The van der Waals surface area contributed by atoms with Gasteiger partial charge in [-0.3, -0.25) is 4.79 Å². The van der Waals surface area contributed by atoms with Gasteiger partial charge in [-0.1, -0.05) is 25.1 Å². The van der Waals surface area contributed by atoms with Crippen LogP contribution in [0, 0.1) is 0 Å². The predicted octanol–water partition coefficient (Wildman–Crippen LogP) is 2.85. The first-order valence-corrected chi connectivity index (χ1v) is 9.48. The van der Waals surface area contributed by atoms with Crippen molar-refractivity contribution in [3.63, 3.8) is 0 Å². The van der Waals surface area contributed by atoms with Gasteiger partial charge in [0.1, 0.15) is 5.75 Å². The summed E-state index contributed by atoms with van der Waals surface area (Å²) in [5.74, 6) is 0.933. The Morgan fingerprint density at radius 3 is 2.57 bits per heavy atom. The summed E-state index contributed by atoms with van der Waals surface area (Å²) in [4.78, 5) is 18.7. The van der Waals surface area contributed by atoms with E-state index in [0.29, 0.717) is 43.9 Å². The summed E-state index contributed by atoms with van der Waals surface area (Å²) in [6.45, 7) is 2.86. The Hall–Kier alpha value is -3.03. The molecule has 0 amide bonds. The van der Waals surface area contributed by atoms with Gasteiger partial charge in [0.05, 0.1) is 18.9 Å². The summed E-state index contributed by atoms with van der Waals surface area (Å²) in [5, 5.41) is 8.72. The number of unbranched alkanes of at least 4 members (excludes halogenated alkanes) is 1.